The van der Waals surface area contributed by atoms with Crippen LogP contribution in [0, 0.1) is 0 Å². The smallest absolute Gasteiger partial charge is 0.268 e. The minimum Gasteiger partial charge on any atom is -0.381 e. The van der Waals surface area contributed by atoms with Gasteiger partial charge in [-0.2, -0.15) is 5.10 Å². The largest absolute Gasteiger partial charge is 0.381 e. The summed E-state index contributed by atoms with van der Waals surface area (Å²) in [5, 5.41) is 8.60. The minimum absolute atomic E-state index is 0.258. The van der Waals surface area contributed by atoms with Crippen LogP contribution in [-0.2, 0) is 11.3 Å². The van der Waals surface area contributed by atoms with Gasteiger partial charge in [0.2, 0.25) is 0 Å². The lowest BCUT2D eigenvalue weighted by Crippen LogP contribution is -2.33. The number of nitrogen functional groups attached to an aromatic ring is 1. The van der Waals surface area contributed by atoms with Gasteiger partial charge < -0.3 is 10.1 Å². The summed E-state index contributed by atoms with van der Waals surface area (Å²) in [6.45, 7) is 4.16. The minimum atomic E-state index is -0.367. The Morgan fingerprint density at radius 1 is 1.45 bits per heavy atom. The van der Waals surface area contributed by atoms with E-state index in [-0.39, 0.29) is 11.9 Å². The molecule has 0 atom stereocenters. The van der Waals surface area contributed by atoms with Gasteiger partial charge in [-0.15, -0.1) is 0 Å². The van der Waals surface area contributed by atoms with Gasteiger partial charge in [0.25, 0.3) is 5.91 Å². The number of pyridine rings is 1. The number of aromatic nitrogens is 3. The number of rotatable bonds is 4. The third-order valence-corrected chi connectivity index (χ3v) is 3.91. The molecule has 2 aromatic heterocycles. The number of nitrogens with zero attached hydrogens (tertiary/aromatic N) is 3. The Morgan fingerprint density at radius 3 is 2.91 bits per heavy atom. The summed E-state index contributed by atoms with van der Waals surface area (Å²) in [5.74, 6) is 4.92. The van der Waals surface area contributed by atoms with Gasteiger partial charge >= 0.3 is 0 Å². The van der Waals surface area contributed by atoms with Crippen LogP contribution >= 0.6 is 0 Å². The number of hydrogen-bond acceptors (Lipinski definition) is 6. The highest BCUT2D eigenvalue weighted by Crippen LogP contribution is 2.28. The molecule has 1 aliphatic heterocycles. The molecule has 0 unspecified atom stereocenters. The van der Waals surface area contributed by atoms with E-state index in [2.05, 4.69) is 20.8 Å². The Hall–Kier alpha value is -2.19. The van der Waals surface area contributed by atoms with Crippen LogP contribution in [0.15, 0.2) is 12.4 Å². The molecule has 118 valence electrons. The average molecular weight is 304 g/mol. The number of amides is 1. The molecule has 3 heterocycles. The Balaban J connectivity index is 2.05. The first kappa shape index (κ1) is 14.7. The van der Waals surface area contributed by atoms with Crippen LogP contribution in [0.3, 0.4) is 0 Å². The van der Waals surface area contributed by atoms with Gasteiger partial charge in [-0.05, 0) is 19.8 Å². The van der Waals surface area contributed by atoms with Gasteiger partial charge in [-0.1, -0.05) is 0 Å². The zero-order chi connectivity index (χ0) is 15.5. The second-order valence-corrected chi connectivity index (χ2v) is 5.25. The van der Waals surface area contributed by atoms with Crippen LogP contribution in [0.4, 0.5) is 5.69 Å². The lowest BCUT2D eigenvalue weighted by Gasteiger charge is -2.25. The Morgan fingerprint density at radius 2 is 2.23 bits per heavy atom. The summed E-state index contributed by atoms with van der Waals surface area (Å²) in [7, 11) is 0. The number of hydrogen-bond donors (Lipinski definition) is 3. The number of aryl methyl sites for hydroxylation is 1. The van der Waals surface area contributed by atoms with Gasteiger partial charge in [0.1, 0.15) is 0 Å². The molecular weight excluding hydrogens is 284 g/mol. The van der Waals surface area contributed by atoms with Crippen molar-refractivity contribution in [2.24, 2.45) is 5.84 Å². The van der Waals surface area contributed by atoms with E-state index in [0.29, 0.717) is 5.56 Å². The molecule has 0 radical (unpaired) electrons. The molecule has 0 bridgehead atoms. The van der Waals surface area contributed by atoms with Gasteiger partial charge in [-0.3, -0.25) is 10.2 Å². The van der Waals surface area contributed by atoms with E-state index < -0.39 is 0 Å². The van der Waals surface area contributed by atoms with Crippen molar-refractivity contribution >= 4 is 22.6 Å². The van der Waals surface area contributed by atoms with Crippen LogP contribution < -0.4 is 16.6 Å². The number of anilines is 1. The van der Waals surface area contributed by atoms with Crippen LogP contribution in [-0.4, -0.2) is 39.9 Å². The molecule has 3 rings (SSSR count). The maximum absolute atomic E-state index is 12.0. The molecule has 0 aromatic carbocycles. The summed E-state index contributed by atoms with van der Waals surface area (Å²) in [5.41, 5.74) is 4.09. The fraction of sp³-hybridized carbons (Fsp3) is 0.500. The molecule has 1 fully saturated rings. The lowest BCUT2D eigenvalue weighted by molar-refractivity contribution is 0.0904. The third-order valence-electron chi connectivity index (χ3n) is 3.91. The summed E-state index contributed by atoms with van der Waals surface area (Å²) >= 11 is 0. The standard InChI is InChI=1S/C14H20N6O2/c1-2-20-13-10(8-17-20)12(11(7-16-13)14(21)19-15)18-9-3-5-22-6-4-9/h7-9H,2-6,15H2,1H3,(H,16,18)(H,19,21). The molecule has 1 aliphatic rings. The van der Waals surface area contributed by atoms with Gasteiger partial charge in [0.05, 0.1) is 22.8 Å². The number of carbonyl (C=O) groups excluding carboxylic acids is 1. The average Bonchev–Trinajstić information content (AvgIpc) is 2.99. The maximum Gasteiger partial charge on any atom is 0.268 e. The van der Waals surface area contributed by atoms with Crippen LogP contribution in [0.2, 0.25) is 0 Å². The van der Waals surface area contributed by atoms with Crippen molar-refractivity contribution in [3.05, 3.63) is 18.0 Å². The molecule has 0 saturated carbocycles. The highest BCUT2D eigenvalue weighted by atomic mass is 16.5. The number of carbonyl (C=O) groups is 1. The van der Waals surface area contributed by atoms with E-state index in [4.69, 9.17) is 10.6 Å². The molecule has 1 saturated heterocycles. The quantitative estimate of drug-likeness (QED) is 0.435. The second kappa shape index (κ2) is 6.29. The van der Waals surface area contributed by atoms with Crippen molar-refractivity contribution in [2.75, 3.05) is 18.5 Å². The van der Waals surface area contributed by atoms with Crippen molar-refractivity contribution in [3.8, 4) is 0 Å². The molecule has 4 N–H and O–H groups in total. The van der Waals surface area contributed by atoms with Crippen molar-refractivity contribution in [3.63, 3.8) is 0 Å². The van der Waals surface area contributed by atoms with Crippen molar-refractivity contribution in [2.45, 2.75) is 32.4 Å². The Kier molecular flexibility index (Phi) is 4.21. The lowest BCUT2D eigenvalue weighted by atomic mass is 10.1. The summed E-state index contributed by atoms with van der Waals surface area (Å²) in [6.07, 6.45) is 5.08. The first-order valence-corrected chi connectivity index (χ1v) is 7.44. The molecule has 0 spiro atoms. The predicted octanol–water partition coefficient (Wildman–Crippen LogP) is 0.646. The Bertz CT molecular complexity index is 677. The van der Waals surface area contributed by atoms with Crippen molar-refractivity contribution < 1.29 is 9.53 Å². The molecule has 2 aromatic rings. The van der Waals surface area contributed by atoms with E-state index in [1.807, 2.05) is 6.92 Å². The van der Waals surface area contributed by atoms with E-state index in [1.165, 1.54) is 0 Å². The van der Waals surface area contributed by atoms with Gasteiger partial charge in [-0.25, -0.2) is 15.5 Å². The molecular formula is C14H20N6O2. The van der Waals surface area contributed by atoms with E-state index in [0.717, 1.165) is 49.3 Å². The first-order valence-electron chi connectivity index (χ1n) is 7.44. The summed E-state index contributed by atoms with van der Waals surface area (Å²) in [4.78, 5) is 16.4. The fourth-order valence-electron chi connectivity index (χ4n) is 2.71. The number of hydrazine groups is 1. The fourth-order valence-corrected chi connectivity index (χ4v) is 2.71. The Labute approximate surface area is 128 Å². The number of fused-ring (bicyclic) bond motifs is 1. The monoisotopic (exact) mass is 304 g/mol. The predicted molar refractivity (Wildman–Crippen MR) is 82.3 cm³/mol. The van der Waals surface area contributed by atoms with Crippen LogP contribution in [0.1, 0.15) is 30.1 Å². The molecule has 1 amide bonds. The third kappa shape index (κ3) is 2.62. The SMILES string of the molecule is CCn1ncc2c(NC3CCOCC3)c(C(=O)NN)cnc21. The number of nitrogens with two attached hydrogens (primary N) is 1. The highest BCUT2D eigenvalue weighted by Gasteiger charge is 2.21. The van der Waals surface area contributed by atoms with Gasteiger partial charge in [0, 0.05) is 32.0 Å². The van der Waals surface area contributed by atoms with Crippen molar-refractivity contribution in [1.82, 2.24) is 20.2 Å². The number of nitrogens with one attached hydrogen (secondary N) is 2. The van der Waals surface area contributed by atoms with E-state index in [9.17, 15) is 4.79 Å². The summed E-state index contributed by atoms with van der Waals surface area (Å²) in [6, 6.07) is 0.258. The van der Waals surface area contributed by atoms with Gasteiger partial charge in [0.15, 0.2) is 5.65 Å². The van der Waals surface area contributed by atoms with Crippen molar-refractivity contribution in [1.29, 1.82) is 0 Å². The topological polar surface area (TPSA) is 107 Å². The molecule has 22 heavy (non-hydrogen) atoms. The summed E-state index contributed by atoms with van der Waals surface area (Å²) < 4.78 is 7.18. The molecule has 8 heteroatoms. The van der Waals surface area contributed by atoms with Crippen LogP contribution in [0.5, 0.6) is 0 Å². The normalized spacial score (nSPS) is 15.9. The zero-order valence-electron chi connectivity index (χ0n) is 12.5. The first-order chi connectivity index (χ1) is 10.7. The molecule has 8 nitrogen and oxygen atoms in total. The highest BCUT2D eigenvalue weighted by molar-refractivity contribution is 6.06. The zero-order valence-corrected chi connectivity index (χ0v) is 12.5. The second-order valence-electron chi connectivity index (χ2n) is 5.25. The molecule has 0 aliphatic carbocycles. The van der Waals surface area contributed by atoms with E-state index in [1.54, 1.807) is 17.1 Å². The van der Waals surface area contributed by atoms with E-state index >= 15 is 0 Å². The van der Waals surface area contributed by atoms with Crippen LogP contribution in [0.25, 0.3) is 11.0 Å². The number of ether oxygens (including phenoxy) is 1. The maximum atomic E-state index is 12.0.